The van der Waals surface area contributed by atoms with Crippen LogP contribution in [0.5, 0.6) is 5.75 Å². The molecule has 0 aliphatic carbocycles. The highest BCUT2D eigenvalue weighted by Crippen LogP contribution is 2.19. The van der Waals surface area contributed by atoms with Gasteiger partial charge in [0.2, 0.25) is 0 Å². The predicted octanol–water partition coefficient (Wildman–Crippen LogP) is 2.92. The van der Waals surface area contributed by atoms with E-state index in [1.54, 1.807) is 12.1 Å². The van der Waals surface area contributed by atoms with Gasteiger partial charge < -0.3 is 5.11 Å². The zero-order chi connectivity index (χ0) is 16.2. The van der Waals surface area contributed by atoms with E-state index in [0.717, 1.165) is 12.0 Å². The molecule has 0 bridgehead atoms. The number of phenolic OH excluding ortho intramolecular Hbond substituents is 1. The first kappa shape index (κ1) is 16.3. The molecule has 116 valence electrons. The lowest BCUT2D eigenvalue weighted by atomic mass is 10.2. The Labute approximate surface area is 134 Å². The fourth-order valence-corrected chi connectivity index (χ4v) is 2.72. The molecule has 5 nitrogen and oxygen atoms in total. The fraction of sp³-hybridized carbons (Fsp3) is 0.133. The molecule has 2 rings (SSSR count). The van der Waals surface area contributed by atoms with Gasteiger partial charge in [-0.3, -0.25) is 0 Å². The van der Waals surface area contributed by atoms with Crippen LogP contribution in [0.25, 0.3) is 0 Å². The van der Waals surface area contributed by atoms with Crippen molar-refractivity contribution < 1.29 is 13.5 Å². The molecule has 0 saturated heterocycles. The molecule has 0 radical (unpaired) electrons. The van der Waals surface area contributed by atoms with E-state index in [4.69, 9.17) is 11.6 Å². The summed E-state index contributed by atoms with van der Waals surface area (Å²) in [5, 5.41) is 13.7. The topological polar surface area (TPSA) is 78.8 Å². The first-order chi connectivity index (χ1) is 10.4. The molecule has 7 heteroatoms. The first-order valence-corrected chi connectivity index (χ1v) is 8.41. The number of nitrogens with zero attached hydrogens (tertiary/aromatic N) is 1. The van der Waals surface area contributed by atoms with Crippen LogP contribution in [0.3, 0.4) is 0 Å². The molecule has 0 heterocycles. The van der Waals surface area contributed by atoms with Gasteiger partial charge in [0.05, 0.1) is 11.1 Å². The third-order valence-corrected chi connectivity index (χ3v) is 4.48. The van der Waals surface area contributed by atoms with Crippen LogP contribution in [0.4, 0.5) is 0 Å². The Morgan fingerprint density at radius 2 is 1.91 bits per heavy atom. The van der Waals surface area contributed by atoms with Crippen molar-refractivity contribution in [2.45, 2.75) is 18.2 Å². The van der Waals surface area contributed by atoms with Gasteiger partial charge in [0.1, 0.15) is 5.75 Å². The van der Waals surface area contributed by atoms with Gasteiger partial charge in [-0.25, -0.2) is 4.83 Å². The molecule has 0 saturated carbocycles. The van der Waals surface area contributed by atoms with Gasteiger partial charge in [-0.05, 0) is 42.3 Å². The summed E-state index contributed by atoms with van der Waals surface area (Å²) >= 11 is 5.80. The Bertz CT molecular complexity index is 787. The van der Waals surface area contributed by atoms with Gasteiger partial charge in [-0.15, -0.1) is 0 Å². The highest BCUT2D eigenvalue weighted by atomic mass is 35.5. The van der Waals surface area contributed by atoms with Gasteiger partial charge in [0.25, 0.3) is 10.0 Å². The van der Waals surface area contributed by atoms with E-state index in [1.807, 2.05) is 6.92 Å². The van der Waals surface area contributed by atoms with E-state index in [-0.39, 0.29) is 10.6 Å². The van der Waals surface area contributed by atoms with Gasteiger partial charge >= 0.3 is 0 Å². The van der Waals surface area contributed by atoms with Crippen LogP contribution in [0, 0.1) is 0 Å². The number of rotatable bonds is 5. The minimum Gasteiger partial charge on any atom is -0.507 e. The lowest BCUT2D eigenvalue weighted by Gasteiger charge is -2.04. The summed E-state index contributed by atoms with van der Waals surface area (Å²) in [6.45, 7) is 1.99. The number of aryl methyl sites for hydroxylation is 1. The van der Waals surface area contributed by atoms with Crippen LogP contribution in [0.2, 0.25) is 5.02 Å². The number of aromatic hydroxyl groups is 1. The summed E-state index contributed by atoms with van der Waals surface area (Å²) < 4.78 is 24.1. The minimum atomic E-state index is -3.74. The van der Waals surface area contributed by atoms with E-state index in [0.29, 0.717) is 10.6 Å². The molecule has 2 N–H and O–H groups in total. The molecule has 0 aromatic heterocycles. The van der Waals surface area contributed by atoms with Crippen molar-refractivity contribution in [1.29, 1.82) is 0 Å². The van der Waals surface area contributed by atoms with E-state index in [1.165, 1.54) is 36.5 Å². The Morgan fingerprint density at radius 3 is 2.55 bits per heavy atom. The van der Waals surface area contributed by atoms with Crippen LogP contribution in [-0.4, -0.2) is 19.7 Å². The van der Waals surface area contributed by atoms with E-state index >= 15 is 0 Å². The average molecular weight is 339 g/mol. The molecule has 0 aliphatic rings. The summed E-state index contributed by atoms with van der Waals surface area (Å²) in [7, 11) is -3.74. The molecule has 0 aliphatic heterocycles. The molecule has 0 fully saturated rings. The Balaban J connectivity index is 2.14. The van der Waals surface area contributed by atoms with Crippen molar-refractivity contribution in [3.05, 3.63) is 58.6 Å². The monoisotopic (exact) mass is 338 g/mol. The quantitative estimate of drug-likeness (QED) is 0.650. The summed E-state index contributed by atoms with van der Waals surface area (Å²) in [5.41, 5.74) is 1.36. The summed E-state index contributed by atoms with van der Waals surface area (Å²) in [6.07, 6.45) is 2.03. The maximum absolute atomic E-state index is 12.1. The van der Waals surface area contributed by atoms with Crippen LogP contribution in [-0.2, 0) is 16.4 Å². The summed E-state index contributed by atoms with van der Waals surface area (Å²) in [5.74, 6) is -0.0420. The Hall–Kier alpha value is -2.05. The average Bonchev–Trinajstić information content (AvgIpc) is 2.50. The van der Waals surface area contributed by atoms with Gasteiger partial charge in [-0.2, -0.15) is 13.5 Å². The third-order valence-electron chi connectivity index (χ3n) is 3.01. The number of nitrogens with one attached hydrogen (secondary N) is 1. The van der Waals surface area contributed by atoms with E-state index < -0.39 is 10.0 Å². The molecule has 2 aromatic carbocycles. The van der Waals surface area contributed by atoms with Gasteiger partial charge in [0.15, 0.2) is 0 Å². The van der Waals surface area contributed by atoms with Crippen molar-refractivity contribution in [2.75, 3.05) is 0 Å². The molecular formula is C15H15ClN2O3S. The van der Waals surface area contributed by atoms with Crippen LogP contribution < -0.4 is 4.83 Å². The smallest absolute Gasteiger partial charge is 0.276 e. The fourth-order valence-electron chi connectivity index (χ4n) is 1.75. The molecule has 0 spiro atoms. The number of phenols is 1. The number of sulfonamides is 1. The molecule has 2 aromatic rings. The second kappa shape index (κ2) is 6.81. The zero-order valence-electron chi connectivity index (χ0n) is 11.8. The molecule has 0 unspecified atom stereocenters. The van der Waals surface area contributed by atoms with Gasteiger partial charge in [-0.1, -0.05) is 30.7 Å². The van der Waals surface area contributed by atoms with Crippen molar-refractivity contribution in [3.8, 4) is 5.75 Å². The van der Waals surface area contributed by atoms with Crippen LogP contribution >= 0.6 is 11.6 Å². The largest absolute Gasteiger partial charge is 0.507 e. The summed E-state index contributed by atoms with van der Waals surface area (Å²) in [6, 6.07) is 10.9. The van der Waals surface area contributed by atoms with Crippen LogP contribution in [0.15, 0.2) is 52.5 Å². The zero-order valence-corrected chi connectivity index (χ0v) is 13.4. The lowest BCUT2D eigenvalue weighted by Crippen LogP contribution is -2.18. The normalized spacial score (nSPS) is 11.7. The standard InChI is InChI=1S/C15H15ClN2O3S/c1-2-11-3-6-14(7-4-11)22(20,21)18-17-10-12-9-13(16)5-8-15(12)19/h3-10,18-19H,2H2,1H3. The van der Waals surface area contributed by atoms with Crippen molar-refractivity contribution in [3.63, 3.8) is 0 Å². The third kappa shape index (κ3) is 3.99. The lowest BCUT2D eigenvalue weighted by molar-refractivity contribution is 0.474. The number of halogens is 1. The highest BCUT2D eigenvalue weighted by Gasteiger charge is 2.12. The molecule has 0 atom stereocenters. The first-order valence-electron chi connectivity index (χ1n) is 6.54. The molecule has 0 amide bonds. The predicted molar refractivity (Wildman–Crippen MR) is 86.9 cm³/mol. The van der Waals surface area contributed by atoms with Crippen molar-refractivity contribution in [1.82, 2.24) is 4.83 Å². The summed E-state index contributed by atoms with van der Waals surface area (Å²) in [4.78, 5) is 2.22. The number of hydrogen-bond donors (Lipinski definition) is 2. The molecule has 22 heavy (non-hydrogen) atoms. The van der Waals surface area contributed by atoms with E-state index in [9.17, 15) is 13.5 Å². The molecular weight excluding hydrogens is 324 g/mol. The van der Waals surface area contributed by atoms with E-state index in [2.05, 4.69) is 9.93 Å². The second-order valence-electron chi connectivity index (χ2n) is 4.55. The number of hydrogen-bond acceptors (Lipinski definition) is 4. The van der Waals surface area contributed by atoms with Crippen molar-refractivity contribution >= 4 is 27.8 Å². The number of benzene rings is 2. The number of hydrazone groups is 1. The van der Waals surface area contributed by atoms with Crippen molar-refractivity contribution in [2.24, 2.45) is 5.10 Å². The highest BCUT2D eigenvalue weighted by molar-refractivity contribution is 7.89. The van der Waals surface area contributed by atoms with Gasteiger partial charge in [0, 0.05) is 10.6 Å². The Morgan fingerprint density at radius 1 is 1.23 bits per heavy atom. The van der Waals surface area contributed by atoms with Crippen LogP contribution in [0.1, 0.15) is 18.1 Å². The second-order valence-corrected chi connectivity index (χ2v) is 6.65. The maximum atomic E-state index is 12.1. The minimum absolute atomic E-state index is 0.0420. The maximum Gasteiger partial charge on any atom is 0.276 e. The SMILES string of the molecule is CCc1ccc(S(=O)(=O)NN=Cc2cc(Cl)ccc2O)cc1. The Kier molecular flexibility index (Phi) is 5.05.